The third kappa shape index (κ3) is 2.78. The predicted octanol–water partition coefficient (Wildman–Crippen LogP) is 4.46. The largest absolute Gasteiger partial charge is 0.506 e. The molecule has 3 aliphatic rings. The first-order valence-electron chi connectivity index (χ1n) is 10.6. The number of nitrogens with zero attached hydrogens (tertiary/aromatic N) is 1. The van der Waals surface area contributed by atoms with Crippen molar-refractivity contribution in [3.63, 3.8) is 0 Å². The number of benzene rings is 1. The van der Waals surface area contributed by atoms with Crippen LogP contribution >= 0.6 is 0 Å². The minimum Gasteiger partial charge on any atom is -0.506 e. The minimum absolute atomic E-state index is 0.108. The quantitative estimate of drug-likeness (QED) is 0.742. The Morgan fingerprint density at radius 1 is 1.21 bits per heavy atom. The minimum atomic E-state index is -0.262. The number of amides is 1. The number of aromatic hydroxyl groups is 1. The van der Waals surface area contributed by atoms with E-state index in [4.69, 9.17) is 0 Å². The van der Waals surface area contributed by atoms with Crippen molar-refractivity contribution in [1.82, 2.24) is 4.98 Å². The topological polar surface area (TPSA) is 79.3 Å². The molecule has 0 unspecified atom stereocenters. The van der Waals surface area contributed by atoms with Gasteiger partial charge in [-0.15, -0.1) is 0 Å². The van der Waals surface area contributed by atoms with E-state index in [2.05, 4.69) is 17.2 Å². The van der Waals surface area contributed by atoms with Crippen molar-refractivity contribution >= 4 is 17.4 Å². The van der Waals surface area contributed by atoms with Gasteiger partial charge in [-0.2, -0.15) is 0 Å². The number of hydrogen-bond donors (Lipinski definition) is 2. The third-order valence-corrected chi connectivity index (χ3v) is 7.76. The third-order valence-electron chi connectivity index (χ3n) is 7.76. The van der Waals surface area contributed by atoms with Gasteiger partial charge in [0.1, 0.15) is 11.5 Å². The zero-order valence-corrected chi connectivity index (χ0v) is 16.6. The van der Waals surface area contributed by atoms with Gasteiger partial charge in [-0.25, -0.2) is 0 Å². The summed E-state index contributed by atoms with van der Waals surface area (Å²) in [6.07, 6.45) is 8.64. The van der Waals surface area contributed by atoms with Crippen LogP contribution in [0.15, 0.2) is 36.7 Å². The van der Waals surface area contributed by atoms with Gasteiger partial charge in [0.2, 0.25) is 0 Å². The van der Waals surface area contributed by atoms with E-state index >= 15 is 0 Å². The van der Waals surface area contributed by atoms with E-state index in [1.165, 1.54) is 11.8 Å². The molecule has 0 spiro atoms. The molecule has 29 heavy (non-hydrogen) atoms. The second kappa shape index (κ2) is 6.68. The molecule has 1 heterocycles. The molecule has 1 amide bonds. The molecule has 1 aromatic carbocycles. The summed E-state index contributed by atoms with van der Waals surface area (Å²) in [5.41, 5.74) is 3.15. The highest BCUT2D eigenvalue weighted by Crippen LogP contribution is 2.60. The first kappa shape index (κ1) is 18.3. The Labute approximate surface area is 170 Å². The predicted molar refractivity (Wildman–Crippen MR) is 110 cm³/mol. The van der Waals surface area contributed by atoms with Crippen LogP contribution in [0.4, 0.5) is 5.69 Å². The molecule has 2 fully saturated rings. The molecule has 5 rings (SSSR count). The summed E-state index contributed by atoms with van der Waals surface area (Å²) in [5.74, 6) is 1.67. The van der Waals surface area contributed by atoms with Crippen molar-refractivity contribution in [2.24, 2.45) is 17.3 Å². The van der Waals surface area contributed by atoms with Crippen LogP contribution in [-0.2, 0) is 11.2 Å². The Kier molecular flexibility index (Phi) is 4.23. The number of phenolic OH excluding ortho intramolecular Hbond substituents is 1. The molecule has 2 saturated carbocycles. The number of carbonyl (C=O) groups is 2. The van der Waals surface area contributed by atoms with E-state index < -0.39 is 0 Å². The highest BCUT2D eigenvalue weighted by molar-refractivity contribution is 6.05. The molecule has 5 nitrogen and oxygen atoms in total. The van der Waals surface area contributed by atoms with Gasteiger partial charge in [0.15, 0.2) is 0 Å². The monoisotopic (exact) mass is 390 g/mol. The Hall–Kier alpha value is -2.69. The molecular weight excluding hydrogens is 364 g/mol. The molecular formula is C24H26N2O3. The summed E-state index contributed by atoms with van der Waals surface area (Å²) in [7, 11) is 0. The van der Waals surface area contributed by atoms with Crippen LogP contribution in [0.25, 0.3) is 0 Å². The Morgan fingerprint density at radius 3 is 2.86 bits per heavy atom. The van der Waals surface area contributed by atoms with Crippen molar-refractivity contribution in [1.29, 1.82) is 0 Å². The number of rotatable bonds is 2. The van der Waals surface area contributed by atoms with Crippen LogP contribution in [0.5, 0.6) is 5.75 Å². The first-order valence-corrected chi connectivity index (χ1v) is 10.6. The maximum atomic E-state index is 12.7. The normalized spacial score (nSPS) is 30.2. The van der Waals surface area contributed by atoms with Gasteiger partial charge in [-0.3, -0.25) is 14.6 Å². The molecule has 0 bridgehead atoms. The Balaban J connectivity index is 1.48. The second-order valence-corrected chi connectivity index (χ2v) is 9.06. The number of Topliss-reactive ketones (excluding diaryl/α,β-unsaturated/α-hetero) is 1. The van der Waals surface area contributed by atoms with Crippen molar-refractivity contribution in [2.75, 3.05) is 5.32 Å². The summed E-state index contributed by atoms with van der Waals surface area (Å²) in [5, 5.41) is 13.4. The fourth-order valence-electron chi connectivity index (χ4n) is 6.25. The summed E-state index contributed by atoms with van der Waals surface area (Å²) in [6.45, 7) is 2.18. The lowest BCUT2D eigenvalue weighted by Gasteiger charge is -2.48. The number of anilines is 1. The number of carbonyl (C=O) groups excluding carboxylic acids is 2. The van der Waals surface area contributed by atoms with E-state index in [0.717, 1.165) is 44.1 Å². The van der Waals surface area contributed by atoms with E-state index in [9.17, 15) is 14.7 Å². The number of fused-ring (bicyclic) bond motifs is 5. The zero-order chi connectivity index (χ0) is 20.2. The van der Waals surface area contributed by atoms with Crippen LogP contribution in [0.2, 0.25) is 0 Å². The number of ketones is 1. The van der Waals surface area contributed by atoms with Crippen molar-refractivity contribution in [2.45, 2.75) is 51.4 Å². The molecule has 150 valence electrons. The van der Waals surface area contributed by atoms with E-state index in [0.29, 0.717) is 34.8 Å². The van der Waals surface area contributed by atoms with Crippen LogP contribution in [0, 0.1) is 17.3 Å². The maximum Gasteiger partial charge on any atom is 0.257 e. The number of nitrogens with one attached hydrogen (secondary N) is 1. The van der Waals surface area contributed by atoms with Gasteiger partial charge in [0.25, 0.3) is 5.91 Å². The van der Waals surface area contributed by atoms with Gasteiger partial charge in [-0.1, -0.05) is 13.0 Å². The van der Waals surface area contributed by atoms with E-state index in [-0.39, 0.29) is 17.1 Å². The van der Waals surface area contributed by atoms with Crippen molar-refractivity contribution in [3.8, 4) is 5.75 Å². The molecule has 4 atom stereocenters. The molecule has 0 saturated heterocycles. The Bertz CT molecular complexity index is 987. The lowest BCUT2D eigenvalue weighted by molar-refractivity contribution is -0.129. The van der Waals surface area contributed by atoms with Crippen molar-refractivity contribution < 1.29 is 14.7 Å². The second-order valence-electron chi connectivity index (χ2n) is 9.06. The van der Waals surface area contributed by atoms with Gasteiger partial charge in [0.05, 0.1) is 11.3 Å². The molecule has 5 heteroatoms. The lowest BCUT2D eigenvalue weighted by Crippen LogP contribution is -2.42. The smallest absolute Gasteiger partial charge is 0.257 e. The highest BCUT2D eigenvalue weighted by Gasteiger charge is 2.54. The van der Waals surface area contributed by atoms with Gasteiger partial charge < -0.3 is 10.4 Å². The summed E-state index contributed by atoms with van der Waals surface area (Å²) < 4.78 is 0. The number of aromatic nitrogens is 1. The van der Waals surface area contributed by atoms with Crippen LogP contribution in [0.1, 0.15) is 66.4 Å². The number of pyridine rings is 1. The zero-order valence-electron chi connectivity index (χ0n) is 16.6. The number of phenols is 1. The van der Waals surface area contributed by atoms with Crippen LogP contribution in [0.3, 0.4) is 0 Å². The van der Waals surface area contributed by atoms with Gasteiger partial charge in [0, 0.05) is 24.2 Å². The van der Waals surface area contributed by atoms with E-state index in [1.54, 1.807) is 24.4 Å². The van der Waals surface area contributed by atoms with Crippen molar-refractivity contribution in [3.05, 3.63) is 53.3 Å². The van der Waals surface area contributed by atoms with Crippen LogP contribution in [-0.4, -0.2) is 21.8 Å². The Morgan fingerprint density at radius 2 is 2.07 bits per heavy atom. The SMILES string of the molecule is C[C@]12CC[C@@H]3c4ccc(O)c(NC(=O)c5cccnc5)c4CC[C@H]3[C@@H]1CCC2=O. The fraction of sp³-hybridized carbons (Fsp3) is 0.458. The average Bonchev–Trinajstić information content (AvgIpc) is 3.05. The van der Waals surface area contributed by atoms with Gasteiger partial charge >= 0.3 is 0 Å². The molecule has 2 aromatic rings. The molecule has 2 N–H and O–H groups in total. The summed E-state index contributed by atoms with van der Waals surface area (Å²) in [4.78, 5) is 29.2. The molecule has 1 aromatic heterocycles. The summed E-state index contributed by atoms with van der Waals surface area (Å²) >= 11 is 0. The lowest BCUT2D eigenvalue weighted by atomic mass is 9.55. The standard InChI is InChI=1S/C24H26N2O3/c1-24-11-10-16-15-6-8-20(27)22(26-23(29)14-3-2-12-25-13-14)18(15)5-4-17(16)19(24)7-9-21(24)28/h2-3,6,8,12-13,16-17,19,27H,4-5,7,9-11H2,1H3,(H,26,29)/t16-,17-,19+,24+/m1/s1. The number of hydrogen-bond acceptors (Lipinski definition) is 4. The van der Waals surface area contributed by atoms with Crippen LogP contribution < -0.4 is 5.32 Å². The average molecular weight is 390 g/mol. The fourth-order valence-corrected chi connectivity index (χ4v) is 6.25. The molecule has 3 aliphatic carbocycles. The molecule has 0 aliphatic heterocycles. The maximum absolute atomic E-state index is 12.7. The molecule has 0 radical (unpaired) electrons. The first-order chi connectivity index (χ1) is 14.0. The highest BCUT2D eigenvalue weighted by atomic mass is 16.3. The van der Waals surface area contributed by atoms with E-state index in [1.807, 2.05) is 6.07 Å². The summed E-state index contributed by atoms with van der Waals surface area (Å²) in [6, 6.07) is 7.17. The van der Waals surface area contributed by atoms with Gasteiger partial charge in [-0.05, 0) is 79.2 Å².